The highest BCUT2D eigenvalue weighted by Gasteiger charge is 2.19. The molecule has 1 fully saturated rings. The van der Waals surface area contributed by atoms with Gasteiger partial charge in [0.15, 0.2) is 5.96 Å². The normalized spacial score (nSPS) is 16.7. The SMILES string of the molecule is CCCN1CCC(CNC(=NC)N(C)CCc2cccs2)CC1.I. The Morgan fingerprint density at radius 1 is 1.42 bits per heavy atom. The highest BCUT2D eigenvalue weighted by molar-refractivity contribution is 14.0. The van der Waals surface area contributed by atoms with Crippen molar-refractivity contribution in [3.63, 3.8) is 0 Å². The van der Waals surface area contributed by atoms with Crippen molar-refractivity contribution in [2.24, 2.45) is 10.9 Å². The summed E-state index contributed by atoms with van der Waals surface area (Å²) < 4.78 is 0. The molecule has 0 atom stereocenters. The second-order valence-corrected chi connectivity index (χ2v) is 7.50. The van der Waals surface area contributed by atoms with Crippen LogP contribution in [0.1, 0.15) is 31.1 Å². The molecule has 4 nitrogen and oxygen atoms in total. The standard InChI is InChI=1S/C18H32N4S.HI/c1-4-10-22-12-7-16(8-13-22)15-20-18(19-2)21(3)11-9-17-6-5-14-23-17;/h5-6,14,16H,4,7-13,15H2,1-3H3,(H,19,20);1H. The molecule has 0 amide bonds. The van der Waals surface area contributed by atoms with Crippen molar-refractivity contribution >= 4 is 41.3 Å². The molecule has 138 valence electrons. The number of hydrogen-bond acceptors (Lipinski definition) is 3. The zero-order chi connectivity index (χ0) is 16.5. The molecule has 0 spiro atoms. The largest absolute Gasteiger partial charge is 0.356 e. The van der Waals surface area contributed by atoms with Gasteiger partial charge in [-0.25, -0.2) is 0 Å². The number of halogens is 1. The van der Waals surface area contributed by atoms with Crippen LogP contribution in [0, 0.1) is 5.92 Å². The van der Waals surface area contributed by atoms with E-state index in [1.807, 2.05) is 18.4 Å². The van der Waals surface area contributed by atoms with Crippen molar-refractivity contribution in [1.29, 1.82) is 0 Å². The molecule has 1 aromatic rings. The van der Waals surface area contributed by atoms with E-state index in [4.69, 9.17) is 0 Å². The van der Waals surface area contributed by atoms with Crippen LogP contribution in [0.25, 0.3) is 0 Å². The minimum atomic E-state index is 0. The Morgan fingerprint density at radius 3 is 2.75 bits per heavy atom. The number of guanidine groups is 1. The number of likely N-dealkylation sites (N-methyl/N-ethyl adjacent to an activating group) is 1. The van der Waals surface area contributed by atoms with Gasteiger partial charge in [-0.3, -0.25) is 4.99 Å². The summed E-state index contributed by atoms with van der Waals surface area (Å²) >= 11 is 1.83. The number of rotatable bonds is 7. The number of thiophene rings is 1. The Balaban J connectivity index is 0.00000288. The molecule has 0 saturated carbocycles. The van der Waals surface area contributed by atoms with Gasteiger partial charge in [-0.2, -0.15) is 0 Å². The Kier molecular flexibility index (Phi) is 10.9. The summed E-state index contributed by atoms with van der Waals surface area (Å²) in [6.07, 6.45) is 4.97. The first kappa shape index (κ1) is 21.7. The number of nitrogens with zero attached hydrogens (tertiary/aromatic N) is 3. The summed E-state index contributed by atoms with van der Waals surface area (Å²) in [5, 5.41) is 5.72. The lowest BCUT2D eigenvalue weighted by Crippen LogP contribution is -2.44. The maximum absolute atomic E-state index is 4.44. The van der Waals surface area contributed by atoms with Crippen LogP contribution < -0.4 is 5.32 Å². The van der Waals surface area contributed by atoms with Crippen LogP contribution in [0.4, 0.5) is 0 Å². The predicted molar refractivity (Wildman–Crippen MR) is 117 cm³/mol. The average Bonchev–Trinajstić information content (AvgIpc) is 3.09. The van der Waals surface area contributed by atoms with Gasteiger partial charge in [0.1, 0.15) is 0 Å². The van der Waals surface area contributed by atoms with Gasteiger partial charge in [0, 0.05) is 32.1 Å². The molecule has 2 heterocycles. The van der Waals surface area contributed by atoms with Gasteiger partial charge < -0.3 is 15.1 Å². The van der Waals surface area contributed by atoms with Crippen LogP contribution >= 0.6 is 35.3 Å². The van der Waals surface area contributed by atoms with E-state index >= 15 is 0 Å². The molecule has 1 aliphatic heterocycles. The van der Waals surface area contributed by atoms with Crippen molar-refractivity contribution in [3.8, 4) is 0 Å². The second kappa shape index (κ2) is 12.1. The number of nitrogens with one attached hydrogen (secondary N) is 1. The summed E-state index contributed by atoms with van der Waals surface area (Å²) in [7, 11) is 4.01. The van der Waals surface area contributed by atoms with Crippen LogP contribution in [0.3, 0.4) is 0 Å². The van der Waals surface area contributed by atoms with E-state index in [1.165, 1.54) is 43.8 Å². The van der Waals surface area contributed by atoms with E-state index in [1.54, 1.807) is 0 Å². The monoisotopic (exact) mass is 464 g/mol. The van der Waals surface area contributed by atoms with E-state index in [0.717, 1.165) is 31.4 Å². The Morgan fingerprint density at radius 2 is 2.17 bits per heavy atom. The van der Waals surface area contributed by atoms with Crippen molar-refractivity contribution in [3.05, 3.63) is 22.4 Å². The minimum absolute atomic E-state index is 0. The van der Waals surface area contributed by atoms with Crippen LogP contribution in [-0.4, -0.2) is 62.6 Å². The lowest BCUT2D eigenvalue weighted by molar-refractivity contribution is 0.185. The Labute approximate surface area is 168 Å². The average molecular weight is 464 g/mol. The summed E-state index contributed by atoms with van der Waals surface area (Å²) in [5.74, 6) is 1.81. The molecule has 1 aliphatic rings. The van der Waals surface area contributed by atoms with Gasteiger partial charge in [-0.05, 0) is 62.7 Å². The maximum atomic E-state index is 4.44. The Bertz CT molecular complexity index is 456. The smallest absolute Gasteiger partial charge is 0.193 e. The molecule has 1 aromatic heterocycles. The van der Waals surface area contributed by atoms with Crippen LogP contribution in [-0.2, 0) is 6.42 Å². The zero-order valence-electron chi connectivity index (χ0n) is 15.3. The number of aliphatic imine (C=N–C) groups is 1. The minimum Gasteiger partial charge on any atom is -0.356 e. The van der Waals surface area contributed by atoms with Crippen molar-refractivity contribution in [2.75, 3.05) is 46.8 Å². The molecule has 6 heteroatoms. The molecule has 0 bridgehead atoms. The molecule has 1 N–H and O–H groups in total. The third kappa shape index (κ3) is 7.27. The van der Waals surface area contributed by atoms with Gasteiger partial charge in [-0.1, -0.05) is 13.0 Å². The fraction of sp³-hybridized carbons (Fsp3) is 0.722. The van der Waals surface area contributed by atoms with Crippen molar-refractivity contribution < 1.29 is 0 Å². The highest BCUT2D eigenvalue weighted by atomic mass is 127. The summed E-state index contributed by atoms with van der Waals surface area (Å²) in [6, 6.07) is 4.33. The quantitative estimate of drug-likeness (QED) is 0.381. The van der Waals surface area contributed by atoms with Crippen molar-refractivity contribution in [1.82, 2.24) is 15.1 Å². The van der Waals surface area contributed by atoms with E-state index in [9.17, 15) is 0 Å². The van der Waals surface area contributed by atoms with E-state index in [-0.39, 0.29) is 24.0 Å². The third-order valence-electron chi connectivity index (χ3n) is 4.64. The first-order valence-corrected chi connectivity index (χ1v) is 9.77. The summed E-state index contributed by atoms with van der Waals surface area (Å²) in [5.41, 5.74) is 0. The van der Waals surface area contributed by atoms with Crippen LogP contribution in [0.5, 0.6) is 0 Å². The molecule has 0 unspecified atom stereocenters. The lowest BCUT2D eigenvalue weighted by atomic mass is 9.97. The molecule has 0 aromatic carbocycles. The maximum Gasteiger partial charge on any atom is 0.193 e. The van der Waals surface area contributed by atoms with E-state index in [2.05, 4.69) is 51.6 Å². The molecular weight excluding hydrogens is 431 g/mol. The van der Waals surface area contributed by atoms with E-state index in [0.29, 0.717) is 0 Å². The summed E-state index contributed by atoms with van der Waals surface area (Å²) in [6.45, 7) is 8.10. The van der Waals surface area contributed by atoms with Gasteiger partial charge in [0.25, 0.3) is 0 Å². The fourth-order valence-electron chi connectivity index (χ4n) is 3.19. The lowest BCUT2D eigenvalue weighted by Gasteiger charge is -2.32. The number of likely N-dealkylation sites (tertiary alicyclic amines) is 1. The molecule has 1 saturated heterocycles. The van der Waals surface area contributed by atoms with Gasteiger partial charge in [-0.15, -0.1) is 35.3 Å². The topological polar surface area (TPSA) is 30.9 Å². The second-order valence-electron chi connectivity index (χ2n) is 6.46. The zero-order valence-corrected chi connectivity index (χ0v) is 18.5. The molecule has 2 rings (SSSR count). The summed E-state index contributed by atoms with van der Waals surface area (Å²) in [4.78, 5) is 10.7. The van der Waals surface area contributed by atoms with E-state index < -0.39 is 0 Å². The third-order valence-corrected chi connectivity index (χ3v) is 5.58. The molecule has 0 aliphatic carbocycles. The first-order chi connectivity index (χ1) is 11.2. The number of hydrogen-bond donors (Lipinski definition) is 1. The number of piperidine rings is 1. The van der Waals surface area contributed by atoms with Gasteiger partial charge >= 0.3 is 0 Å². The molecule has 0 radical (unpaired) electrons. The van der Waals surface area contributed by atoms with Crippen molar-refractivity contribution in [2.45, 2.75) is 32.6 Å². The Hall–Kier alpha value is -0.340. The predicted octanol–water partition coefficient (Wildman–Crippen LogP) is 3.54. The fourth-order valence-corrected chi connectivity index (χ4v) is 3.89. The van der Waals surface area contributed by atoms with Crippen LogP contribution in [0.2, 0.25) is 0 Å². The molecular formula is C18H33IN4S. The van der Waals surface area contributed by atoms with Gasteiger partial charge in [0.2, 0.25) is 0 Å². The van der Waals surface area contributed by atoms with Gasteiger partial charge in [0.05, 0.1) is 0 Å². The van der Waals surface area contributed by atoms with Crippen LogP contribution in [0.15, 0.2) is 22.5 Å². The highest BCUT2D eigenvalue weighted by Crippen LogP contribution is 2.16. The molecule has 24 heavy (non-hydrogen) atoms. The first-order valence-electron chi connectivity index (χ1n) is 8.89.